The largest absolute Gasteiger partial charge is 0.339 e. The van der Waals surface area contributed by atoms with E-state index in [1.165, 1.54) is 25.7 Å². The Morgan fingerprint density at radius 1 is 1.38 bits per heavy atom. The summed E-state index contributed by atoms with van der Waals surface area (Å²) in [6, 6.07) is 4.80. The maximum atomic E-state index is 12.2. The molecule has 1 amide bonds. The molecule has 0 aromatic carbocycles. The lowest BCUT2D eigenvalue weighted by Gasteiger charge is -2.54. The number of thiophene rings is 1. The van der Waals surface area contributed by atoms with Crippen molar-refractivity contribution < 1.29 is 4.79 Å². The molecule has 1 aliphatic carbocycles. The monoisotopic (exact) mass is 304 g/mol. The van der Waals surface area contributed by atoms with E-state index in [0.717, 1.165) is 24.0 Å². The van der Waals surface area contributed by atoms with Crippen LogP contribution in [0.4, 0.5) is 0 Å². The van der Waals surface area contributed by atoms with E-state index in [1.54, 1.807) is 17.4 Å². The van der Waals surface area contributed by atoms with Crippen molar-refractivity contribution >= 4 is 23.3 Å². The minimum absolute atomic E-state index is 0.168. The first-order valence-corrected chi connectivity index (χ1v) is 8.63. The van der Waals surface area contributed by atoms with Crippen molar-refractivity contribution in [1.82, 2.24) is 9.80 Å². The van der Waals surface area contributed by atoms with Crippen LogP contribution in [0.25, 0.3) is 6.08 Å². The number of hydrogen-bond donors (Lipinski definition) is 0. The van der Waals surface area contributed by atoms with Crippen molar-refractivity contribution in [3.05, 3.63) is 28.5 Å². The molecule has 114 valence electrons. The molecule has 0 unspecified atom stereocenters. The predicted octanol–water partition coefficient (Wildman–Crippen LogP) is 3.09. The first-order chi connectivity index (χ1) is 10.1. The van der Waals surface area contributed by atoms with Gasteiger partial charge in [-0.05, 0) is 62.7 Å². The average molecular weight is 304 g/mol. The topological polar surface area (TPSA) is 23.6 Å². The Labute approximate surface area is 131 Å². The van der Waals surface area contributed by atoms with Gasteiger partial charge in [-0.3, -0.25) is 4.79 Å². The molecule has 0 N–H and O–H groups in total. The first kappa shape index (κ1) is 14.8. The van der Waals surface area contributed by atoms with Gasteiger partial charge in [-0.1, -0.05) is 6.07 Å². The highest BCUT2D eigenvalue weighted by Gasteiger charge is 2.46. The Morgan fingerprint density at radius 2 is 2.10 bits per heavy atom. The van der Waals surface area contributed by atoms with Gasteiger partial charge in [0, 0.05) is 30.1 Å². The molecule has 21 heavy (non-hydrogen) atoms. The van der Waals surface area contributed by atoms with E-state index in [4.69, 9.17) is 0 Å². The van der Waals surface area contributed by atoms with E-state index in [9.17, 15) is 4.79 Å². The Morgan fingerprint density at radius 3 is 2.67 bits per heavy atom. The molecule has 1 aromatic rings. The molecule has 4 heteroatoms. The van der Waals surface area contributed by atoms with Gasteiger partial charge < -0.3 is 9.80 Å². The quantitative estimate of drug-likeness (QED) is 0.801. The van der Waals surface area contributed by atoms with Crippen molar-refractivity contribution in [2.24, 2.45) is 5.41 Å². The van der Waals surface area contributed by atoms with Crippen LogP contribution < -0.4 is 0 Å². The minimum atomic E-state index is 0.168. The third-order valence-corrected chi connectivity index (χ3v) is 5.97. The van der Waals surface area contributed by atoms with Crippen molar-refractivity contribution in [3.8, 4) is 0 Å². The molecule has 1 aliphatic heterocycles. The van der Waals surface area contributed by atoms with Crippen LogP contribution in [-0.4, -0.2) is 48.9 Å². The summed E-state index contributed by atoms with van der Waals surface area (Å²) in [6.45, 7) is 1.85. The molecule has 1 saturated carbocycles. The van der Waals surface area contributed by atoms with Gasteiger partial charge in [0.1, 0.15) is 0 Å². The number of amides is 1. The third-order valence-electron chi connectivity index (χ3n) is 5.14. The molecular formula is C17H24N2OS. The molecule has 2 heterocycles. The molecule has 1 saturated heterocycles. The summed E-state index contributed by atoms with van der Waals surface area (Å²) >= 11 is 1.66. The smallest absolute Gasteiger partial charge is 0.246 e. The van der Waals surface area contributed by atoms with Crippen molar-refractivity contribution in [2.75, 3.05) is 27.2 Å². The normalized spacial score (nSPS) is 22.1. The lowest BCUT2D eigenvalue weighted by molar-refractivity contribution is -0.130. The fraction of sp³-hybridized carbons (Fsp3) is 0.588. The summed E-state index contributed by atoms with van der Waals surface area (Å²) < 4.78 is 0. The van der Waals surface area contributed by atoms with Crippen LogP contribution >= 0.6 is 11.3 Å². The van der Waals surface area contributed by atoms with Gasteiger partial charge in [0.05, 0.1) is 0 Å². The highest BCUT2D eigenvalue weighted by molar-refractivity contribution is 7.10. The van der Waals surface area contributed by atoms with Gasteiger partial charge in [-0.25, -0.2) is 0 Å². The van der Waals surface area contributed by atoms with Crippen molar-refractivity contribution in [1.29, 1.82) is 0 Å². The zero-order valence-electron chi connectivity index (χ0n) is 12.9. The van der Waals surface area contributed by atoms with E-state index in [2.05, 4.69) is 19.0 Å². The van der Waals surface area contributed by atoms with E-state index >= 15 is 0 Å². The van der Waals surface area contributed by atoms with Crippen LogP contribution in [0.3, 0.4) is 0 Å². The molecule has 2 fully saturated rings. The van der Waals surface area contributed by atoms with Gasteiger partial charge >= 0.3 is 0 Å². The minimum Gasteiger partial charge on any atom is -0.339 e. The Bertz CT molecular complexity index is 505. The number of carbonyl (C=O) groups is 1. The van der Waals surface area contributed by atoms with E-state index in [0.29, 0.717) is 5.41 Å². The summed E-state index contributed by atoms with van der Waals surface area (Å²) in [6.07, 6.45) is 8.64. The molecular weight excluding hydrogens is 280 g/mol. The zero-order chi connectivity index (χ0) is 14.9. The van der Waals surface area contributed by atoms with E-state index in [1.807, 2.05) is 28.5 Å². The maximum Gasteiger partial charge on any atom is 0.246 e. The molecule has 1 spiro atoms. The number of piperidine rings is 1. The van der Waals surface area contributed by atoms with E-state index in [-0.39, 0.29) is 5.91 Å². The molecule has 3 rings (SSSR count). The molecule has 3 nitrogen and oxygen atoms in total. The maximum absolute atomic E-state index is 12.2. The second-order valence-corrected chi connectivity index (χ2v) is 7.68. The summed E-state index contributed by atoms with van der Waals surface area (Å²) in [4.78, 5) is 17.7. The highest BCUT2D eigenvalue weighted by atomic mass is 32.1. The number of likely N-dealkylation sites (tertiary alicyclic amines) is 1. The second kappa shape index (κ2) is 5.93. The summed E-state index contributed by atoms with van der Waals surface area (Å²) in [5, 5.41) is 2.03. The van der Waals surface area contributed by atoms with Gasteiger partial charge in [0.15, 0.2) is 0 Å². The standard InChI is InChI=1S/C17H24N2OS/c1-18(2)14-12-17(13-14)7-9-19(10-8-17)16(20)6-5-15-4-3-11-21-15/h3-6,11,14H,7-10,12-13H2,1-2H3/b6-5+. The molecule has 0 bridgehead atoms. The molecule has 0 radical (unpaired) electrons. The van der Waals surface area contributed by atoms with Crippen LogP contribution in [-0.2, 0) is 4.79 Å². The number of hydrogen-bond acceptors (Lipinski definition) is 3. The summed E-state index contributed by atoms with van der Waals surface area (Å²) in [7, 11) is 4.34. The van der Waals surface area contributed by atoms with Crippen LogP contribution in [0.15, 0.2) is 23.6 Å². The fourth-order valence-electron chi connectivity index (χ4n) is 3.56. The third kappa shape index (κ3) is 3.22. The van der Waals surface area contributed by atoms with Crippen molar-refractivity contribution in [3.63, 3.8) is 0 Å². The van der Waals surface area contributed by atoms with Gasteiger partial charge in [-0.2, -0.15) is 0 Å². The SMILES string of the molecule is CN(C)C1CC2(CCN(C(=O)/C=C/c3cccs3)CC2)C1. The van der Waals surface area contributed by atoms with Gasteiger partial charge in [0.25, 0.3) is 0 Å². The first-order valence-electron chi connectivity index (χ1n) is 7.75. The van der Waals surface area contributed by atoms with Crippen LogP contribution in [0, 0.1) is 5.41 Å². The number of rotatable bonds is 3. The average Bonchev–Trinajstić information content (AvgIpc) is 2.95. The Hall–Kier alpha value is -1.13. The second-order valence-electron chi connectivity index (χ2n) is 6.70. The molecule has 2 aliphatic rings. The zero-order valence-corrected chi connectivity index (χ0v) is 13.7. The lowest BCUT2D eigenvalue weighted by Crippen LogP contribution is -2.53. The Kier molecular flexibility index (Phi) is 4.18. The number of carbonyl (C=O) groups excluding carboxylic acids is 1. The van der Waals surface area contributed by atoms with Crippen LogP contribution in [0.1, 0.15) is 30.6 Å². The fourth-order valence-corrected chi connectivity index (χ4v) is 4.18. The number of nitrogens with zero attached hydrogens (tertiary/aromatic N) is 2. The van der Waals surface area contributed by atoms with E-state index < -0.39 is 0 Å². The molecule has 0 atom stereocenters. The van der Waals surface area contributed by atoms with Crippen molar-refractivity contribution in [2.45, 2.75) is 31.7 Å². The summed E-state index contributed by atoms with van der Waals surface area (Å²) in [5.74, 6) is 0.168. The Balaban J connectivity index is 1.49. The van der Waals surface area contributed by atoms with Gasteiger partial charge in [-0.15, -0.1) is 11.3 Å². The molecule has 1 aromatic heterocycles. The predicted molar refractivity (Wildman–Crippen MR) is 88.3 cm³/mol. The highest BCUT2D eigenvalue weighted by Crippen LogP contribution is 2.50. The lowest BCUT2D eigenvalue weighted by atomic mass is 9.60. The van der Waals surface area contributed by atoms with Gasteiger partial charge in [0.2, 0.25) is 5.91 Å². The van der Waals surface area contributed by atoms with Crippen LogP contribution in [0.5, 0.6) is 0 Å². The summed E-state index contributed by atoms with van der Waals surface area (Å²) in [5.41, 5.74) is 0.531. The van der Waals surface area contributed by atoms with Crippen LogP contribution in [0.2, 0.25) is 0 Å².